The number of hydrogen-bond acceptors (Lipinski definition) is 15. The lowest BCUT2D eigenvalue weighted by molar-refractivity contribution is 0.0681. The van der Waals surface area contributed by atoms with Crippen molar-refractivity contribution in [3.05, 3.63) is 131 Å². The van der Waals surface area contributed by atoms with Crippen LogP contribution in [0.3, 0.4) is 0 Å². The molecule has 28 heteroatoms. The fraction of sp³-hybridized carbons (Fsp3) is 0.0233. The second kappa shape index (κ2) is 16.2. The first-order valence-corrected chi connectivity index (χ1v) is 25.9. The Labute approximate surface area is 398 Å². The van der Waals surface area contributed by atoms with Crippen LogP contribution in [0.1, 0.15) is 31.8 Å². The Morgan fingerprint density at radius 1 is 0.606 bits per heavy atom. The van der Waals surface area contributed by atoms with Gasteiger partial charge in [-0.25, -0.2) is 9.59 Å². The highest BCUT2D eigenvalue weighted by atomic mass is 32.2. The number of azo groups is 1. The molecule has 24 nitrogen and oxygen atoms in total. The highest BCUT2D eigenvalue weighted by Gasteiger charge is 2.32. The van der Waals surface area contributed by atoms with Gasteiger partial charge in [0.05, 0.1) is 38.8 Å². The van der Waals surface area contributed by atoms with E-state index in [4.69, 9.17) is 0 Å². The number of nitrogens with zero attached hydrogens (tertiary/aromatic N) is 6. The molecule has 0 unspecified atom stereocenters. The maximum absolute atomic E-state index is 12.7. The van der Waals surface area contributed by atoms with Gasteiger partial charge in [-0.3, -0.25) is 28.6 Å². The summed E-state index contributed by atoms with van der Waals surface area (Å²) in [5, 5.41) is 34.4. The van der Waals surface area contributed by atoms with E-state index in [0.717, 1.165) is 42.5 Å². The molecule has 10 rings (SSSR count). The smallest absolute Gasteiger partial charge is 0.338 e. The molecule has 362 valence electrons. The molecule has 2 aromatic heterocycles. The lowest BCUT2D eigenvalue weighted by atomic mass is 10.1. The minimum Gasteiger partial charge on any atom is -0.478 e. The standard InChI is InChI=1S/C43H30N8O16S4/c52-42(53)31-19-36(50-49-35-14-9-24-15-27(68(56,57)58)12-13-28(24)41(35)51(49)50)32(43(54)55)18-33(31)46-45-25-10-7-22(37(16-25)69(59,60)61)5-6-23-8-11-26(17-38(23)70(62,63)64)47-48-21-44-34-20-39(71(65,66)67)29-3-1-2-4-30(29)40(34)48/h1-20,44,47H,21H2,(H,52,53)(H,54,55)(H,56,57,58)(H,59,60,61)(H,62,63,64)(H,65,66,67). The van der Waals surface area contributed by atoms with Gasteiger partial charge in [-0.2, -0.15) is 38.8 Å². The maximum Gasteiger partial charge on any atom is 0.338 e. The van der Waals surface area contributed by atoms with Gasteiger partial charge in [0.15, 0.2) is 0 Å². The van der Waals surface area contributed by atoms with E-state index < -0.39 is 79.0 Å². The van der Waals surface area contributed by atoms with Crippen molar-refractivity contribution in [3.8, 4) is 5.69 Å². The molecule has 0 fully saturated rings. The number of anilines is 3. The largest absolute Gasteiger partial charge is 0.478 e. The summed E-state index contributed by atoms with van der Waals surface area (Å²) in [7, 11) is -19.2. The van der Waals surface area contributed by atoms with E-state index in [1.807, 2.05) is 0 Å². The van der Waals surface area contributed by atoms with Gasteiger partial charge < -0.3 is 15.5 Å². The molecule has 1 aliphatic rings. The lowest BCUT2D eigenvalue weighted by Crippen LogP contribution is -2.29. The highest BCUT2D eigenvalue weighted by Crippen LogP contribution is 2.42. The molecule has 71 heavy (non-hydrogen) atoms. The maximum atomic E-state index is 12.7. The Kier molecular flexibility index (Phi) is 10.6. The van der Waals surface area contributed by atoms with Gasteiger partial charge in [0.2, 0.25) is 0 Å². The molecule has 3 heterocycles. The summed E-state index contributed by atoms with van der Waals surface area (Å²) in [6.07, 6.45) is 2.25. The predicted octanol–water partition coefficient (Wildman–Crippen LogP) is 6.91. The lowest BCUT2D eigenvalue weighted by Gasteiger charge is -2.22. The molecule has 0 atom stereocenters. The van der Waals surface area contributed by atoms with E-state index in [9.17, 15) is 71.7 Å². The van der Waals surface area contributed by atoms with E-state index in [1.165, 1.54) is 67.6 Å². The van der Waals surface area contributed by atoms with Gasteiger partial charge in [0.25, 0.3) is 40.5 Å². The topological polar surface area (TPSA) is 358 Å². The van der Waals surface area contributed by atoms with Crippen LogP contribution in [0.15, 0.2) is 139 Å². The molecular formula is C43H30N8O16S4. The average molecular weight is 1040 g/mol. The van der Waals surface area contributed by atoms with Crippen LogP contribution in [0.5, 0.6) is 0 Å². The molecule has 0 spiro atoms. The first-order chi connectivity index (χ1) is 33.4. The number of carbonyl (C=O) groups is 2. The molecule has 0 aliphatic carbocycles. The minimum atomic E-state index is -5.06. The van der Waals surface area contributed by atoms with E-state index in [0.29, 0.717) is 38.6 Å². The molecule has 0 amide bonds. The molecule has 0 radical (unpaired) electrons. The van der Waals surface area contributed by atoms with Gasteiger partial charge in [-0.1, -0.05) is 60.7 Å². The molecule has 7 aromatic carbocycles. The number of hydrogen-bond donors (Lipinski definition) is 8. The number of carboxylic acid groups (broad SMARTS) is 2. The van der Waals surface area contributed by atoms with Crippen molar-refractivity contribution in [1.82, 2.24) is 14.1 Å². The fourth-order valence-electron chi connectivity index (χ4n) is 8.32. The summed E-state index contributed by atoms with van der Waals surface area (Å²) < 4.78 is 141. The van der Waals surface area contributed by atoms with Crippen molar-refractivity contribution in [3.63, 3.8) is 0 Å². The van der Waals surface area contributed by atoms with Crippen molar-refractivity contribution >= 4 is 126 Å². The predicted molar refractivity (Wildman–Crippen MR) is 254 cm³/mol. The molecular weight excluding hydrogens is 1010 g/mol. The zero-order valence-corrected chi connectivity index (χ0v) is 38.6. The number of benzene rings is 7. The first-order valence-electron chi connectivity index (χ1n) is 20.1. The van der Waals surface area contributed by atoms with Crippen LogP contribution in [0.25, 0.3) is 50.4 Å². The molecule has 0 saturated carbocycles. The molecule has 8 N–H and O–H groups in total. The van der Waals surface area contributed by atoms with Crippen LogP contribution in [0, 0.1) is 0 Å². The molecule has 1 aliphatic heterocycles. The summed E-state index contributed by atoms with van der Waals surface area (Å²) in [4.78, 5) is 24.4. The zero-order valence-electron chi connectivity index (χ0n) is 35.3. The Morgan fingerprint density at radius 2 is 1.25 bits per heavy atom. The number of aromatic nitrogens is 3. The monoisotopic (exact) mass is 1040 g/mol. The Morgan fingerprint density at radius 3 is 1.90 bits per heavy atom. The third kappa shape index (κ3) is 8.23. The molecule has 0 bridgehead atoms. The summed E-state index contributed by atoms with van der Waals surface area (Å²) in [5.41, 5.74) is 2.88. The number of aromatic carboxylic acids is 2. The van der Waals surface area contributed by atoms with E-state index >= 15 is 0 Å². The van der Waals surface area contributed by atoms with Crippen molar-refractivity contribution < 1.29 is 71.7 Å². The van der Waals surface area contributed by atoms with E-state index in [-0.39, 0.29) is 50.0 Å². The second-order valence-electron chi connectivity index (χ2n) is 15.8. The van der Waals surface area contributed by atoms with Gasteiger partial charge in [0.1, 0.15) is 43.8 Å². The summed E-state index contributed by atoms with van der Waals surface area (Å²) >= 11 is 0. The number of carboxylic acids is 2. The number of fused-ring (bicyclic) bond motifs is 9. The number of rotatable bonds is 13. The van der Waals surface area contributed by atoms with Crippen LogP contribution < -0.4 is 15.8 Å². The summed E-state index contributed by atoms with van der Waals surface area (Å²) in [6.45, 7) is 0.0426. The number of nitrogens with one attached hydrogen (secondary N) is 2. The van der Waals surface area contributed by atoms with Crippen LogP contribution in [-0.4, -0.2) is 94.8 Å². The third-order valence-corrected chi connectivity index (χ3v) is 15.0. The van der Waals surface area contributed by atoms with Crippen LogP contribution in [0.4, 0.5) is 28.4 Å². The van der Waals surface area contributed by atoms with Crippen LogP contribution >= 0.6 is 0 Å². The number of hydrazine groups is 1. The van der Waals surface area contributed by atoms with Crippen molar-refractivity contribution in [2.24, 2.45) is 10.2 Å². The third-order valence-electron chi connectivity index (χ3n) is 11.5. The van der Waals surface area contributed by atoms with Crippen molar-refractivity contribution in [1.29, 1.82) is 0 Å². The molecule has 0 saturated heterocycles. The SMILES string of the molecule is O=C(O)c1cc(-n2n3c4ccc5cc(S(=O)(=O)O)ccc5c4n23)c(C(=O)O)cc1N=Nc1ccc(C=Cc2ccc(NN3CNc4cc(S(=O)(=O)O)c5ccccc5c43)cc2S(=O)(=O)O)c(S(=O)(=O)O)c1. The molecule has 9 aromatic rings. The van der Waals surface area contributed by atoms with E-state index in [2.05, 4.69) is 21.0 Å². The average Bonchev–Trinajstić information content (AvgIpc) is 3.76. The Bertz CT molecular complexity index is 4350. The van der Waals surface area contributed by atoms with Crippen molar-refractivity contribution in [2.75, 3.05) is 22.4 Å². The normalized spacial score (nSPS) is 13.7. The Balaban J connectivity index is 0.947. The highest BCUT2D eigenvalue weighted by molar-refractivity contribution is 7.86. The van der Waals surface area contributed by atoms with Crippen LogP contribution in [0.2, 0.25) is 0 Å². The van der Waals surface area contributed by atoms with Crippen LogP contribution in [-0.2, 0) is 40.5 Å². The minimum absolute atomic E-state index is 0.0426. The quantitative estimate of drug-likeness (QED) is 0.0330. The van der Waals surface area contributed by atoms with E-state index in [1.54, 1.807) is 30.3 Å². The second-order valence-corrected chi connectivity index (χ2v) is 21.4. The van der Waals surface area contributed by atoms with Gasteiger partial charge >= 0.3 is 11.9 Å². The zero-order chi connectivity index (χ0) is 50.7. The summed E-state index contributed by atoms with van der Waals surface area (Å²) in [6, 6.07) is 23.7. The van der Waals surface area contributed by atoms with Gasteiger partial charge in [0, 0.05) is 16.2 Å². The van der Waals surface area contributed by atoms with Gasteiger partial charge in [-0.05, 0) is 77.2 Å². The van der Waals surface area contributed by atoms with Crippen molar-refractivity contribution in [2.45, 2.75) is 19.6 Å². The first kappa shape index (κ1) is 46.5. The van der Waals surface area contributed by atoms with Gasteiger partial charge in [-0.15, -0.1) is 19.2 Å². The fourth-order valence-corrected chi connectivity index (χ4v) is 11.0. The summed E-state index contributed by atoms with van der Waals surface area (Å²) in [5.74, 6) is -3.04. The Hall–Kier alpha value is -8.22.